The van der Waals surface area contributed by atoms with Crippen LogP contribution in [0.2, 0.25) is 0 Å². The van der Waals surface area contributed by atoms with Crippen LogP contribution in [0.1, 0.15) is 39.0 Å². The largest absolute Gasteiger partial charge is 0.368 e. The van der Waals surface area contributed by atoms with Crippen LogP contribution in [0.25, 0.3) is 0 Å². The first kappa shape index (κ1) is 15.2. The van der Waals surface area contributed by atoms with Crippen molar-refractivity contribution in [3.8, 4) is 0 Å². The van der Waals surface area contributed by atoms with Crippen molar-refractivity contribution in [1.29, 1.82) is 0 Å². The molecule has 20 heavy (non-hydrogen) atoms. The zero-order valence-corrected chi connectivity index (χ0v) is 12.8. The molecule has 0 saturated heterocycles. The Kier molecular flexibility index (Phi) is 4.98. The standard InChI is InChI=1S/C12H22N6OS/c1-12(10(13)19,14-9-5-6-9)7-3-4-8-20-11-15-16-17-18(11)2/h9,14H,3-8H2,1-2H3,(H2,13,19). The molecule has 1 unspecified atom stereocenters. The molecule has 112 valence electrons. The SMILES string of the molecule is Cn1nnnc1SCCCCC(C)(NC1CC1)C(N)=O. The molecule has 2 rings (SSSR count). The number of carbonyl (C=O) groups is 1. The highest BCUT2D eigenvalue weighted by Crippen LogP contribution is 2.25. The Labute approximate surface area is 123 Å². The van der Waals surface area contributed by atoms with Crippen LogP contribution in [0.5, 0.6) is 0 Å². The van der Waals surface area contributed by atoms with Gasteiger partial charge >= 0.3 is 0 Å². The van der Waals surface area contributed by atoms with Crippen molar-refractivity contribution in [1.82, 2.24) is 25.5 Å². The lowest BCUT2D eigenvalue weighted by molar-refractivity contribution is -0.124. The maximum atomic E-state index is 11.6. The van der Waals surface area contributed by atoms with Gasteiger partial charge < -0.3 is 11.1 Å². The molecule has 1 atom stereocenters. The third-order valence-electron chi connectivity index (χ3n) is 3.53. The Morgan fingerprint density at radius 1 is 1.55 bits per heavy atom. The van der Waals surface area contributed by atoms with Gasteiger partial charge in [-0.1, -0.05) is 18.2 Å². The van der Waals surface area contributed by atoms with E-state index < -0.39 is 5.54 Å². The van der Waals surface area contributed by atoms with Crippen LogP contribution >= 0.6 is 11.8 Å². The molecule has 1 amide bonds. The minimum Gasteiger partial charge on any atom is -0.368 e. The third kappa shape index (κ3) is 4.17. The second-order valence-electron chi connectivity index (χ2n) is 5.51. The zero-order valence-electron chi connectivity index (χ0n) is 12.0. The molecule has 0 aliphatic heterocycles. The number of nitrogens with two attached hydrogens (primary N) is 1. The Hall–Kier alpha value is -1.15. The molecule has 0 aromatic carbocycles. The summed E-state index contributed by atoms with van der Waals surface area (Å²) in [6, 6.07) is 0.478. The van der Waals surface area contributed by atoms with Crippen molar-refractivity contribution in [2.45, 2.75) is 55.8 Å². The van der Waals surface area contributed by atoms with Gasteiger partial charge in [0, 0.05) is 18.8 Å². The van der Waals surface area contributed by atoms with Crippen molar-refractivity contribution in [2.75, 3.05) is 5.75 Å². The van der Waals surface area contributed by atoms with E-state index in [-0.39, 0.29) is 5.91 Å². The van der Waals surface area contributed by atoms with Gasteiger partial charge in [0.25, 0.3) is 0 Å². The van der Waals surface area contributed by atoms with Crippen LogP contribution in [-0.2, 0) is 11.8 Å². The Morgan fingerprint density at radius 3 is 2.85 bits per heavy atom. The van der Waals surface area contributed by atoms with Gasteiger partial charge in [0.1, 0.15) is 0 Å². The van der Waals surface area contributed by atoms with Crippen molar-refractivity contribution in [3.05, 3.63) is 0 Å². The van der Waals surface area contributed by atoms with Gasteiger partial charge in [-0.3, -0.25) is 4.79 Å². The summed E-state index contributed by atoms with van der Waals surface area (Å²) in [6.45, 7) is 1.91. The number of nitrogens with one attached hydrogen (secondary N) is 1. The molecule has 1 heterocycles. The maximum Gasteiger partial charge on any atom is 0.237 e. The number of aryl methyl sites for hydroxylation is 1. The Morgan fingerprint density at radius 2 is 2.30 bits per heavy atom. The number of nitrogens with zero attached hydrogens (tertiary/aromatic N) is 4. The third-order valence-corrected chi connectivity index (χ3v) is 4.62. The van der Waals surface area contributed by atoms with Crippen LogP contribution < -0.4 is 11.1 Å². The summed E-state index contributed by atoms with van der Waals surface area (Å²) in [6.07, 6.45) is 5.04. The number of tetrazole rings is 1. The van der Waals surface area contributed by atoms with Crippen molar-refractivity contribution < 1.29 is 4.79 Å². The van der Waals surface area contributed by atoms with Crippen molar-refractivity contribution in [3.63, 3.8) is 0 Å². The smallest absolute Gasteiger partial charge is 0.237 e. The summed E-state index contributed by atoms with van der Waals surface area (Å²) in [5.74, 6) is 0.682. The van der Waals surface area contributed by atoms with Gasteiger partial charge in [-0.05, 0) is 43.0 Å². The number of hydrogen-bond donors (Lipinski definition) is 2. The van der Waals surface area contributed by atoms with E-state index in [1.54, 1.807) is 16.4 Å². The van der Waals surface area contributed by atoms with E-state index in [4.69, 9.17) is 5.73 Å². The first-order chi connectivity index (χ1) is 9.51. The highest BCUT2D eigenvalue weighted by Gasteiger charge is 2.36. The van der Waals surface area contributed by atoms with E-state index in [0.717, 1.165) is 43.0 Å². The fraction of sp³-hybridized carbons (Fsp3) is 0.833. The molecule has 1 aromatic heterocycles. The Bertz CT molecular complexity index is 461. The fourth-order valence-electron chi connectivity index (χ4n) is 2.03. The Balaban J connectivity index is 1.68. The lowest BCUT2D eigenvalue weighted by Crippen LogP contribution is -2.53. The molecular formula is C12H22N6OS. The number of amides is 1. The number of carbonyl (C=O) groups excluding carboxylic acids is 1. The van der Waals surface area contributed by atoms with Gasteiger partial charge in [-0.25, -0.2) is 4.68 Å². The molecule has 1 fully saturated rings. The summed E-state index contributed by atoms with van der Waals surface area (Å²) in [5.41, 5.74) is 4.95. The van der Waals surface area contributed by atoms with E-state index in [1.165, 1.54) is 0 Å². The van der Waals surface area contributed by atoms with E-state index in [0.29, 0.717) is 6.04 Å². The molecule has 0 spiro atoms. The first-order valence-electron chi connectivity index (χ1n) is 6.94. The molecule has 1 saturated carbocycles. The van der Waals surface area contributed by atoms with Gasteiger partial charge in [0.2, 0.25) is 11.1 Å². The minimum absolute atomic E-state index is 0.255. The maximum absolute atomic E-state index is 11.6. The molecule has 0 bridgehead atoms. The average molecular weight is 298 g/mol. The molecule has 1 aromatic rings. The van der Waals surface area contributed by atoms with Gasteiger partial charge in [0.05, 0.1) is 5.54 Å². The summed E-state index contributed by atoms with van der Waals surface area (Å²) in [4.78, 5) is 11.6. The van der Waals surface area contributed by atoms with E-state index in [2.05, 4.69) is 20.8 Å². The number of primary amides is 1. The van der Waals surface area contributed by atoms with Crippen LogP contribution in [-0.4, -0.2) is 43.4 Å². The number of thioether (sulfide) groups is 1. The quantitative estimate of drug-likeness (QED) is 0.508. The predicted octanol–water partition coefficient (Wildman–Crippen LogP) is 0.469. The van der Waals surface area contributed by atoms with Gasteiger partial charge in [0.15, 0.2) is 0 Å². The van der Waals surface area contributed by atoms with E-state index in [9.17, 15) is 4.79 Å². The van der Waals surface area contributed by atoms with Gasteiger partial charge in [-0.2, -0.15) is 0 Å². The lowest BCUT2D eigenvalue weighted by atomic mass is 9.94. The summed E-state index contributed by atoms with van der Waals surface area (Å²) < 4.78 is 1.66. The summed E-state index contributed by atoms with van der Waals surface area (Å²) in [7, 11) is 1.83. The predicted molar refractivity (Wildman–Crippen MR) is 77.1 cm³/mol. The first-order valence-corrected chi connectivity index (χ1v) is 7.92. The lowest BCUT2D eigenvalue weighted by Gasteiger charge is -2.27. The molecular weight excluding hydrogens is 276 g/mol. The molecule has 3 N–H and O–H groups in total. The number of aromatic nitrogens is 4. The molecule has 1 aliphatic rings. The second-order valence-corrected chi connectivity index (χ2v) is 6.57. The zero-order chi connectivity index (χ0) is 14.6. The highest BCUT2D eigenvalue weighted by molar-refractivity contribution is 7.99. The minimum atomic E-state index is -0.571. The second kappa shape index (κ2) is 6.53. The van der Waals surface area contributed by atoms with Gasteiger partial charge in [-0.15, -0.1) is 5.10 Å². The summed E-state index contributed by atoms with van der Waals surface area (Å²) in [5, 5.41) is 15.5. The average Bonchev–Trinajstić information content (AvgIpc) is 3.10. The number of rotatable bonds is 9. The van der Waals surface area contributed by atoms with Crippen molar-refractivity contribution >= 4 is 17.7 Å². The normalized spacial score (nSPS) is 17.9. The molecule has 7 nitrogen and oxygen atoms in total. The number of unbranched alkanes of at least 4 members (excludes halogenated alkanes) is 1. The topological polar surface area (TPSA) is 98.7 Å². The van der Waals surface area contributed by atoms with E-state index >= 15 is 0 Å². The monoisotopic (exact) mass is 298 g/mol. The van der Waals surface area contributed by atoms with Crippen molar-refractivity contribution in [2.24, 2.45) is 12.8 Å². The molecule has 1 aliphatic carbocycles. The van der Waals surface area contributed by atoms with Crippen LogP contribution in [0.3, 0.4) is 0 Å². The van der Waals surface area contributed by atoms with Crippen LogP contribution in [0.15, 0.2) is 5.16 Å². The highest BCUT2D eigenvalue weighted by atomic mass is 32.2. The van der Waals surface area contributed by atoms with Crippen LogP contribution in [0.4, 0.5) is 0 Å². The number of hydrogen-bond acceptors (Lipinski definition) is 6. The summed E-state index contributed by atoms with van der Waals surface area (Å²) >= 11 is 1.63. The van der Waals surface area contributed by atoms with E-state index in [1.807, 2.05) is 14.0 Å². The molecule has 8 heteroatoms. The molecule has 0 radical (unpaired) electrons. The fourth-order valence-corrected chi connectivity index (χ4v) is 2.88. The van der Waals surface area contributed by atoms with Crippen LogP contribution in [0, 0.1) is 0 Å².